The largest absolute Gasteiger partial charge is 2.00 e. The predicted octanol–water partition coefficient (Wildman–Crippen LogP) is -7.37. The molecule has 0 aromatic heterocycles. The second-order valence-electron chi connectivity index (χ2n) is 2.91. The quantitative estimate of drug-likeness (QED) is 0.145. The zero-order valence-corrected chi connectivity index (χ0v) is 22.4. The number of hydrogen-bond acceptors (Lipinski definition) is 12. The van der Waals surface area contributed by atoms with Crippen LogP contribution in [0, 0.1) is 0 Å². The molecule has 0 bridgehead atoms. The van der Waals surface area contributed by atoms with E-state index < -0.39 is 39.5 Å². The molecule has 0 aliphatic carbocycles. The Bertz CT molecular complexity index is 517. The van der Waals surface area contributed by atoms with Crippen LogP contribution in [0.1, 0.15) is 0 Å². The Morgan fingerprint density at radius 3 is 0.586 bits per heavy atom. The summed E-state index contributed by atoms with van der Waals surface area (Å²) in [6.45, 7) is 0. The average Bonchev–Trinajstić information content (AvgIpc) is 2.30. The van der Waals surface area contributed by atoms with Crippen LogP contribution in [0.3, 0.4) is 0 Å². The molecule has 0 heterocycles. The molecular weight excluding hydrogens is 534 g/mol. The van der Waals surface area contributed by atoms with E-state index in [0.29, 0.717) is 24.3 Å². The Kier molecular flexibility index (Phi) is 45.3. The van der Waals surface area contributed by atoms with Gasteiger partial charge in [0, 0.05) is 24.3 Å². The summed E-state index contributed by atoms with van der Waals surface area (Å²) in [5.74, 6) is -5.03. The summed E-state index contributed by atoms with van der Waals surface area (Å²) < 4.78 is 17.1. The van der Waals surface area contributed by atoms with Gasteiger partial charge in [0.2, 0.25) is 0 Å². The van der Waals surface area contributed by atoms with Crippen molar-refractivity contribution in [1.82, 2.24) is 0 Å². The van der Waals surface area contributed by atoms with Crippen LogP contribution < -0.4 is 29.4 Å². The molecule has 0 radical (unpaired) electrons. The van der Waals surface area contributed by atoms with E-state index in [-0.39, 0.29) is 113 Å². The van der Waals surface area contributed by atoms with Crippen LogP contribution in [0.4, 0.5) is 0 Å². The SMILES string of the molecule is O=C(O)/C=C/C(=O)O.O=C(O)/C=C/C(=O)O.O=P([O-])([O-])[O-].O=P([O-])([O-])[O-].[Ca+2].[Ca+2].[Ca+2]. The van der Waals surface area contributed by atoms with Gasteiger partial charge in [-0.2, -0.15) is 15.6 Å². The molecule has 0 saturated carbocycles. The molecule has 152 valence electrons. The molecule has 0 aliphatic heterocycles. The van der Waals surface area contributed by atoms with E-state index in [1.807, 2.05) is 0 Å². The molecule has 0 aliphatic rings. The molecule has 0 fully saturated rings. The summed E-state index contributed by atoms with van der Waals surface area (Å²) in [4.78, 5) is 89.5. The van der Waals surface area contributed by atoms with Gasteiger partial charge in [-0.05, 0) is 0 Å². The van der Waals surface area contributed by atoms with E-state index in [9.17, 15) is 19.2 Å². The molecule has 0 aromatic carbocycles. The third-order valence-corrected chi connectivity index (χ3v) is 0.737. The first-order chi connectivity index (χ1) is 11.3. The second kappa shape index (κ2) is 27.4. The summed E-state index contributed by atoms with van der Waals surface area (Å²) >= 11 is 0. The number of carbonyl (C=O) groups is 4. The third kappa shape index (κ3) is 170. The van der Waals surface area contributed by atoms with E-state index in [1.165, 1.54) is 0 Å². The van der Waals surface area contributed by atoms with Crippen LogP contribution in [0.15, 0.2) is 24.3 Å². The number of hydrogen-bond donors (Lipinski definition) is 4. The van der Waals surface area contributed by atoms with Gasteiger partial charge < -0.3 is 58.9 Å². The molecule has 0 atom stereocenters. The minimum atomic E-state index is -5.39. The Labute approximate surface area is 251 Å². The standard InChI is InChI=1S/2C4H4O4.3Ca.2H3O4P/c2*5-3(6)1-2-4(7)8;;;;2*1-5(2,3)4/h2*1-2H,(H,5,6)(H,7,8);;;;2*(H3,1,2,3,4)/q;;3*+2;;/p-6/b2*2-1+;;;;;. The van der Waals surface area contributed by atoms with Gasteiger partial charge in [0.15, 0.2) is 0 Å². The minimum Gasteiger partial charge on any atom is -0.822 e. The van der Waals surface area contributed by atoms with Gasteiger partial charge in [-0.15, -0.1) is 0 Å². The van der Waals surface area contributed by atoms with Crippen molar-refractivity contribution in [2.45, 2.75) is 0 Å². The van der Waals surface area contributed by atoms with Gasteiger partial charge in [-0.1, -0.05) is 0 Å². The number of aliphatic carboxylic acids is 4. The van der Waals surface area contributed by atoms with E-state index in [2.05, 4.69) is 0 Å². The first-order valence-electron chi connectivity index (χ1n) is 4.99. The number of carboxylic acid groups (broad SMARTS) is 4. The normalized spacial score (nSPS) is 9.31. The predicted molar refractivity (Wildman–Crippen MR) is 81.3 cm³/mol. The number of rotatable bonds is 4. The summed E-state index contributed by atoms with van der Waals surface area (Å²) in [5, 5.41) is 31.2. The zero-order chi connectivity index (χ0) is 22.1. The summed E-state index contributed by atoms with van der Waals surface area (Å²) in [6, 6.07) is 0. The first-order valence-corrected chi connectivity index (χ1v) is 7.91. The third-order valence-electron chi connectivity index (χ3n) is 0.737. The summed E-state index contributed by atoms with van der Waals surface area (Å²) in [6.07, 6.45) is 2.23. The average molecular weight is 542 g/mol. The van der Waals surface area contributed by atoms with Crippen molar-refractivity contribution in [3.05, 3.63) is 24.3 Å². The summed E-state index contributed by atoms with van der Waals surface area (Å²) in [7, 11) is -10.8. The molecule has 0 saturated heterocycles. The van der Waals surface area contributed by atoms with Crippen LogP contribution in [-0.2, 0) is 28.3 Å². The van der Waals surface area contributed by atoms with Crippen molar-refractivity contribution >= 4 is 153 Å². The second-order valence-corrected chi connectivity index (χ2v) is 4.70. The Morgan fingerprint density at radius 1 is 0.483 bits per heavy atom. The van der Waals surface area contributed by atoms with Gasteiger partial charge >= 0.3 is 137 Å². The molecule has 0 spiro atoms. The van der Waals surface area contributed by atoms with Crippen molar-refractivity contribution in [3.8, 4) is 0 Å². The van der Waals surface area contributed by atoms with Gasteiger partial charge in [0.05, 0.1) is 0 Å². The molecule has 0 amide bonds. The number of carboxylic acids is 4. The van der Waals surface area contributed by atoms with Crippen LogP contribution in [-0.4, -0.2) is 158 Å². The van der Waals surface area contributed by atoms with Crippen LogP contribution >= 0.6 is 15.6 Å². The van der Waals surface area contributed by atoms with Gasteiger partial charge in [-0.25, -0.2) is 19.2 Å². The van der Waals surface area contributed by atoms with E-state index >= 15 is 0 Å². The van der Waals surface area contributed by atoms with Crippen LogP contribution in [0.2, 0.25) is 0 Å². The van der Waals surface area contributed by atoms with Gasteiger partial charge in [0.25, 0.3) is 0 Å². The van der Waals surface area contributed by atoms with E-state index in [0.717, 1.165) is 0 Å². The maximum Gasteiger partial charge on any atom is 2.00 e. The molecule has 21 heteroatoms. The minimum absolute atomic E-state index is 0. The molecule has 29 heavy (non-hydrogen) atoms. The van der Waals surface area contributed by atoms with E-state index in [1.54, 1.807) is 0 Å². The van der Waals surface area contributed by atoms with Crippen molar-refractivity contribution in [3.63, 3.8) is 0 Å². The fourth-order valence-corrected chi connectivity index (χ4v) is 0.285. The Morgan fingerprint density at radius 2 is 0.552 bits per heavy atom. The van der Waals surface area contributed by atoms with Gasteiger partial charge in [0.1, 0.15) is 0 Å². The summed E-state index contributed by atoms with van der Waals surface area (Å²) in [5.41, 5.74) is 0. The fourth-order valence-electron chi connectivity index (χ4n) is 0.285. The smallest absolute Gasteiger partial charge is 0.822 e. The van der Waals surface area contributed by atoms with Crippen molar-refractivity contribution in [2.24, 2.45) is 0 Å². The maximum atomic E-state index is 9.55. The fraction of sp³-hybridized carbons (Fsp3) is 0. The Hall–Kier alpha value is 1.36. The molecule has 0 aromatic rings. The molecule has 4 N–H and O–H groups in total. The van der Waals surface area contributed by atoms with Gasteiger partial charge in [-0.3, -0.25) is 0 Å². The van der Waals surface area contributed by atoms with E-state index in [4.69, 9.17) is 58.9 Å². The topological polar surface area (TPSA) is 322 Å². The first kappa shape index (κ1) is 48.0. The molecule has 0 rings (SSSR count). The molecular formula is C8H8Ca3O16P2. The van der Waals surface area contributed by atoms with Crippen LogP contribution in [0.25, 0.3) is 0 Å². The van der Waals surface area contributed by atoms with Crippen molar-refractivity contribution < 1.29 is 78.1 Å². The zero-order valence-electron chi connectivity index (χ0n) is 14.0. The molecule has 16 nitrogen and oxygen atoms in total. The van der Waals surface area contributed by atoms with Crippen molar-refractivity contribution in [1.29, 1.82) is 0 Å². The number of phosphoric acid groups is 2. The maximum absolute atomic E-state index is 9.55. The molecule has 0 unspecified atom stereocenters. The Balaban J connectivity index is -0.0000000440. The monoisotopic (exact) mass is 542 g/mol. The van der Waals surface area contributed by atoms with Crippen LogP contribution in [0.5, 0.6) is 0 Å². The van der Waals surface area contributed by atoms with Crippen molar-refractivity contribution in [2.75, 3.05) is 0 Å².